The molecule has 1 rings (SSSR count). The van der Waals surface area contributed by atoms with Crippen LogP contribution in [0.2, 0.25) is 0 Å². The molecule has 20 heavy (non-hydrogen) atoms. The molecule has 1 aromatic rings. The van der Waals surface area contributed by atoms with Crippen LogP contribution >= 0.6 is 0 Å². The molecule has 110 valence electrons. The number of ether oxygens (including phenoxy) is 3. The molecule has 0 heterocycles. The molecule has 0 spiro atoms. The van der Waals surface area contributed by atoms with Crippen LogP contribution in [-0.4, -0.2) is 38.6 Å². The molecule has 4 heteroatoms. The summed E-state index contributed by atoms with van der Waals surface area (Å²) in [6.45, 7) is 4.43. The molecule has 1 aromatic carbocycles. The second-order valence-corrected chi connectivity index (χ2v) is 4.06. The van der Waals surface area contributed by atoms with Gasteiger partial charge in [-0.1, -0.05) is 17.9 Å². The zero-order valence-corrected chi connectivity index (χ0v) is 12.1. The SMILES string of the molecule is CCOCCOCc1ccc(OC)c(C#CCCO)c1. The number of aliphatic hydroxyl groups excluding tert-OH is 1. The van der Waals surface area contributed by atoms with Crippen LogP contribution < -0.4 is 4.74 Å². The molecule has 4 nitrogen and oxygen atoms in total. The Morgan fingerprint density at radius 1 is 1.20 bits per heavy atom. The Balaban J connectivity index is 2.60. The standard InChI is InChI=1S/C16H22O4/c1-3-19-10-11-20-13-14-7-8-16(18-2)15(12-14)6-4-5-9-17/h7-8,12,17H,3,5,9-11,13H2,1-2H3. The highest BCUT2D eigenvalue weighted by Crippen LogP contribution is 2.19. The average molecular weight is 278 g/mol. The van der Waals surface area contributed by atoms with Crippen molar-refractivity contribution in [2.45, 2.75) is 20.0 Å². The number of hydrogen-bond acceptors (Lipinski definition) is 4. The van der Waals surface area contributed by atoms with Crippen LogP contribution in [0.4, 0.5) is 0 Å². The van der Waals surface area contributed by atoms with Crippen LogP contribution in [0.25, 0.3) is 0 Å². The predicted molar refractivity (Wildman–Crippen MR) is 77.7 cm³/mol. The van der Waals surface area contributed by atoms with Crippen molar-refractivity contribution in [3.8, 4) is 17.6 Å². The maximum absolute atomic E-state index is 8.75. The van der Waals surface area contributed by atoms with Crippen molar-refractivity contribution in [2.24, 2.45) is 0 Å². The van der Waals surface area contributed by atoms with Crippen LogP contribution in [-0.2, 0) is 16.1 Å². The van der Waals surface area contributed by atoms with E-state index in [1.165, 1.54) is 0 Å². The summed E-state index contributed by atoms with van der Waals surface area (Å²) in [7, 11) is 1.62. The van der Waals surface area contributed by atoms with E-state index in [1.807, 2.05) is 25.1 Å². The lowest BCUT2D eigenvalue weighted by atomic mass is 10.1. The zero-order valence-electron chi connectivity index (χ0n) is 12.1. The Labute approximate surface area is 120 Å². The summed E-state index contributed by atoms with van der Waals surface area (Å²) in [5, 5.41) is 8.75. The molecule has 0 radical (unpaired) electrons. The fourth-order valence-corrected chi connectivity index (χ4v) is 1.61. The summed E-state index contributed by atoms with van der Waals surface area (Å²) in [6.07, 6.45) is 0.457. The molecular weight excluding hydrogens is 256 g/mol. The van der Waals surface area contributed by atoms with Crippen molar-refractivity contribution in [3.63, 3.8) is 0 Å². The van der Waals surface area contributed by atoms with Crippen LogP contribution in [0.5, 0.6) is 5.75 Å². The summed E-state index contributed by atoms with van der Waals surface area (Å²) >= 11 is 0. The molecule has 0 saturated heterocycles. The summed E-state index contributed by atoms with van der Waals surface area (Å²) in [4.78, 5) is 0. The lowest BCUT2D eigenvalue weighted by Crippen LogP contribution is -2.04. The van der Waals surface area contributed by atoms with Gasteiger partial charge in [-0.2, -0.15) is 0 Å². The van der Waals surface area contributed by atoms with Gasteiger partial charge in [0.2, 0.25) is 0 Å². The maximum Gasteiger partial charge on any atom is 0.134 e. The van der Waals surface area contributed by atoms with Gasteiger partial charge in [0.25, 0.3) is 0 Å². The van der Waals surface area contributed by atoms with Gasteiger partial charge in [-0.3, -0.25) is 0 Å². The van der Waals surface area contributed by atoms with E-state index in [9.17, 15) is 0 Å². The number of methoxy groups -OCH3 is 1. The van der Waals surface area contributed by atoms with Crippen LogP contribution in [0.15, 0.2) is 18.2 Å². The zero-order chi connectivity index (χ0) is 14.6. The third-order valence-electron chi connectivity index (χ3n) is 2.57. The second-order valence-electron chi connectivity index (χ2n) is 4.06. The molecule has 0 aliphatic carbocycles. The van der Waals surface area contributed by atoms with E-state index in [-0.39, 0.29) is 6.61 Å². The van der Waals surface area contributed by atoms with Gasteiger partial charge in [-0.15, -0.1) is 0 Å². The average Bonchev–Trinajstić information content (AvgIpc) is 2.47. The number of benzene rings is 1. The highest BCUT2D eigenvalue weighted by molar-refractivity contribution is 5.48. The highest BCUT2D eigenvalue weighted by atomic mass is 16.5. The molecule has 0 unspecified atom stereocenters. The first-order valence-electron chi connectivity index (χ1n) is 6.74. The van der Waals surface area contributed by atoms with Gasteiger partial charge in [0.1, 0.15) is 5.75 Å². The Kier molecular flexibility index (Phi) is 8.48. The smallest absolute Gasteiger partial charge is 0.134 e. The van der Waals surface area contributed by atoms with Crippen molar-refractivity contribution in [2.75, 3.05) is 33.5 Å². The third kappa shape index (κ3) is 6.07. The van der Waals surface area contributed by atoms with Crippen LogP contribution in [0.1, 0.15) is 24.5 Å². The van der Waals surface area contributed by atoms with E-state index in [0.29, 0.717) is 32.8 Å². The molecule has 0 aliphatic rings. The minimum Gasteiger partial charge on any atom is -0.495 e. The topological polar surface area (TPSA) is 47.9 Å². The fraction of sp³-hybridized carbons (Fsp3) is 0.500. The van der Waals surface area contributed by atoms with E-state index in [2.05, 4.69) is 11.8 Å². The lowest BCUT2D eigenvalue weighted by Gasteiger charge is -2.08. The van der Waals surface area contributed by atoms with Crippen molar-refractivity contribution in [1.82, 2.24) is 0 Å². The highest BCUT2D eigenvalue weighted by Gasteiger charge is 2.02. The lowest BCUT2D eigenvalue weighted by molar-refractivity contribution is 0.0453. The second kappa shape index (κ2) is 10.3. The third-order valence-corrected chi connectivity index (χ3v) is 2.57. The van der Waals surface area contributed by atoms with E-state index < -0.39 is 0 Å². The Morgan fingerprint density at radius 3 is 2.70 bits per heavy atom. The molecule has 0 aromatic heterocycles. The molecule has 0 saturated carbocycles. The molecule has 0 bridgehead atoms. The van der Waals surface area contributed by atoms with Gasteiger partial charge < -0.3 is 19.3 Å². The molecule has 0 atom stereocenters. The first kappa shape index (κ1) is 16.5. The first-order chi connectivity index (χ1) is 9.81. The predicted octanol–water partition coefficient (Wildman–Crippen LogP) is 1.98. The summed E-state index contributed by atoms with van der Waals surface area (Å²) < 4.78 is 16.0. The summed E-state index contributed by atoms with van der Waals surface area (Å²) in [6, 6.07) is 5.78. The Hall–Kier alpha value is -1.54. The van der Waals surface area contributed by atoms with Gasteiger partial charge in [0.15, 0.2) is 0 Å². The first-order valence-corrected chi connectivity index (χ1v) is 6.74. The van der Waals surface area contributed by atoms with Crippen molar-refractivity contribution in [1.29, 1.82) is 0 Å². The van der Waals surface area contributed by atoms with Gasteiger partial charge in [0, 0.05) is 13.0 Å². The Bertz CT molecular complexity index is 446. The molecule has 1 N–H and O–H groups in total. The normalized spacial score (nSPS) is 9.95. The summed E-state index contributed by atoms with van der Waals surface area (Å²) in [5.41, 5.74) is 1.85. The van der Waals surface area contributed by atoms with Crippen molar-refractivity contribution in [3.05, 3.63) is 29.3 Å². The quantitative estimate of drug-likeness (QED) is 0.583. The molecule has 0 fully saturated rings. The summed E-state index contributed by atoms with van der Waals surface area (Å²) in [5.74, 6) is 6.63. The minimum absolute atomic E-state index is 0.0650. The molecule has 0 amide bonds. The monoisotopic (exact) mass is 278 g/mol. The maximum atomic E-state index is 8.75. The van der Waals surface area contributed by atoms with Crippen molar-refractivity contribution >= 4 is 0 Å². The van der Waals surface area contributed by atoms with Gasteiger partial charge in [0.05, 0.1) is 39.1 Å². The fourth-order valence-electron chi connectivity index (χ4n) is 1.61. The van der Waals surface area contributed by atoms with Crippen LogP contribution in [0, 0.1) is 11.8 Å². The van der Waals surface area contributed by atoms with Crippen molar-refractivity contribution < 1.29 is 19.3 Å². The van der Waals surface area contributed by atoms with E-state index >= 15 is 0 Å². The van der Waals surface area contributed by atoms with E-state index in [0.717, 1.165) is 16.9 Å². The number of hydrogen-bond donors (Lipinski definition) is 1. The van der Waals surface area contributed by atoms with E-state index in [1.54, 1.807) is 7.11 Å². The molecule has 0 aliphatic heterocycles. The van der Waals surface area contributed by atoms with Gasteiger partial charge >= 0.3 is 0 Å². The van der Waals surface area contributed by atoms with E-state index in [4.69, 9.17) is 19.3 Å². The minimum atomic E-state index is 0.0650. The van der Waals surface area contributed by atoms with Gasteiger partial charge in [-0.05, 0) is 24.6 Å². The number of rotatable bonds is 8. The number of aliphatic hydroxyl groups is 1. The molecular formula is C16H22O4. The Morgan fingerprint density at radius 2 is 2.00 bits per heavy atom. The van der Waals surface area contributed by atoms with Crippen LogP contribution in [0.3, 0.4) is 0 Å². The van der Waals surface area contributed by atoms with Gasteiger partial charge in [-0.25, -0.2) is 0 Å². The largest absolute Gasteiger partial charge is 0.495 e.